The van der Waals surface area contributed by atoms with Crippen LogP contribution < -0.4 is 5.73 Å². The maximum atomic E-state index is 6.18. The van der Waals surface area contributed by atoms with Gasteiger partial charge in [0, 0.05) is 11.3 Å². The number of unbranched alkanes of at least 4 members (excludes halogenated alkanes) is 1. The van der Waals surface area contributed by atoms with Crippen molar-refractivity contribution in [3.05, 3.63) is 78.4 Å². The van der Waals surface area contributed by atoms with Gasteiger partial charge in [-0.15, -0.1) is 0 Å². The van der Waals surface area contributed by atoms with E-state index in [-0.39, 0.29) is 0 Å². The lowest BCUT2D eigenvalue weighted by Gasteiger charge is -2.12. The van der Waals surface area contributed by atoms with Gasteiger partial charge in [-0.25, -0.2) is 0 Å². The van der Waals surface area contributed by atoms with Crippen LogP contribution in [-0.4, -0.2) is 0 Å². The fourth-order valence-corrected chi connectivity index (χ4v) is 2.94. The molecule has 0 saturated heterocycles. The van der Waals surface area contributed by atoms with Gasteiger partial charge in [0.05, 0.1) is 0 Å². The van der Waals surface area contributed by atoms with Crippen molar-refractivity contribution in [2.45, 2.75) is 26.2 Å². The van der Waals surface area contributed by atoms with Gasteiger partial charge in [0.25, 0.3) is 0 Å². The minimum absolute atomic E-state index is 0.819. The third kappa shape index (κ3) is 3.45. The van der Waals surface area contributed by atoms with E-state index >= 15 is 0 Å². The predicted octanol–water partition coefficient (Wildman–Crippen LogP) is 5.95. The molecule has 2 N–H and O–H groups in total. The number of para-hydroxylation sites is 1. The van der Waals surface area contributed by atoms with E-state index in [0.29, 0.717) is 0 Å². The average Bonchev–Trinajstić information content (AvgIpc) is 2.61. The lowest BCUT2D eigenvalue weighted by molar-refractivity contribution is 0.795. The first-order chi connectivity index (χ1) is 11.3. The molecule has 0 aliphatic heterocycles. The summed E-state index contributed by atoms with van der Waals surface area (Å²) >= 11 is 0. The van der Waals surface area contributed by atoms with Crippen molar-refractivity contribution in [1.29, 1.82) is 0 Å². The molecule has 0 unspecified atom stereocenters. The summed E-state index contributed by atoms with van der Waals surface area (Å²) in [5, 5.41) is 0. The molecule has 0 bridgehead atoms. The zero-order valence-corrected chi connectivity index (χ0v) is 13.6. The SMILES string of the molecule is CCCCc1ccc(-c2ccccc2-c2ccccc2N)cc1. The number of nitrogens with two attached hydrogens (primary N) is 1. The second-order valence-electron chi connectivity index (χ2n) is 5.93. The Labute approximate surface area is 138 Å². The summed E-state index contributed by atoms with van der Waals surface area (Å²) in [6.07, 6.45) is 3.64. The van der Waals surface area contributed by atoms with Gasteiger partial charge in [-0.05, 0) is 41.2 Å². The molecule has 3 aromatic rings. The van der Waals surface area contributed by atoms with Gasteiger partial charge in [0.15, 0.2) is 0 Å². The van der Waals surface area contributed by atoms with Crippen molar-refractivity contribution < 1.29 is 0 Å². The molecule has 0 aliphatic rings. The van der Waals surface area contributed by atoms with E-state index in [1.807, 2.05) is 18.2 Å². The Morgan fingerprint density at radius 1 is 0.696 bits per heavy atom. The van der Waals surface area contributed by atoms with Crippen LogP contribution in [0.4, 0.5) is 5.69 Å². The minimum Gasteiger partial charge on any atom is -0.398 e. The van der Waals surface area contributed by atoms with Crippen LogP contribution in [0.25, 0.3) is 22.3 Å². The molecule has 116 valence electrons. The van der Waals surface area contributed by atoms with E-state index in [9.17, 15) is 0 Å². The number of benzene rings is 3. The van der Waals surface area contributed by atoms with Crippen LogP contribution in [0.5, 0.6) is 0 Å². The maximum absolute atomic E-state index is 6.18. The number of nitrogen functional groups attached to an aromatic ring is 1. The lowest BCUT2D eigenvalue weighted by Crippen LogP contribution is -1.92. The fraction of sp³-hybridized carbons (Fsp3) is 0.182. The molecular formula is C22H23N. The smallest absolute Gasteiger partial charge is 0.0393 e. The molecule has 3 rings (SSSR count). The molecule has 23 heavy (non-hydrogen) atoms. The minimum atomic E-state index is 0.819. The fourth-order valence-electron chi connectivity index (χ4n) is 2.94. The molecule has 0 saturated carbocycles. The molecule has 0 radical (unpaired) electrons. The topological polar surface area (TPSA) is 26.0 Å². The largest absolute Gasteiger partial charge is 0.398 e. The molecule has 0 aromatic heterocycles. The molecule has 1 heteroatoms. The van der Waals surface area contributed by atoms with Crippen LogP contribution in [0.15, 0.2) is 72.8 Å². The normalized spacial score (nSPS) is 10.7. The van der Waals surface area contributed by atoms with Gasteiger partial charge in [-0.1, -0.05) is 80.1 Å². The quantitative estimate of drug-likeness (QED) is 0.579. The zero-order valence-electron chi connectivity index (χ0n) is 13.6. The Morgan fingerprint density at radius 3 is 1.96 bits per heavy atom. The van der Waals surface area contributed by atoms with Gasteiger partial charge in [-0.3, -0.25) is 0 Å². The lowest BCUT2D eigenvalue weighted by atomic mass is 9.93. The third-order valence-electron chi connectivity index (χ3n) is 4.26. The monoisotopic (exact) mass is 301 g/mol. The Kier molecular flexibility index (Phi) is 4.77. The van der Waals surface area contributed by atoms with Gasteiger partial charge >= 0.3 is 0 Å². The second kappa shape index (κ2) is 7.15. The predicted molar refractivity (Wildman–Crippen MR) is 100 cm³/mol. The van der Waals surface area contributed by atoms with Crippen molar-refractivity contribution in [2.75, 3.05) is 5.73 Å². The van der Waals surface area contributed by atoms with Crippen LogP contribution >= 0.6 is 0 Å². The van der Waals surface area contributed by atoms with Crippen molar-refractivity contribution in [3.8, 4) is 22.3 Å². The highest BCUT2D eigenvalue weighted by atomic mass is 14.6. The van der Waals surface area contributed by atoms with Gasteiger partial charge in [0.1, 0.15) is 0 Å². The number of hydrogen-bond donors (Lipinski definition) is 1. The van der Waals surface area contributed by atoms with E-state index in [2.05, 4.69) is 61.5 Å². The summed E-state index contributed by atoms with van der Waals surface area (Å²) in [6.45, 7) is 2.23. The highest BCUT2D eigenvalue weighted by Gasteiger charge is 2.09. The standard InChI is InChI=1S/C22H23N/c1-2-3-8-17-13-15-18(16-14-17)19-9-4-5-10-20(19)21-11-6-7-12-22(21)23/h4-7,9-16H,2-3,8,23H2,1H3. The van der Waals surface area contributed by atoms with E-state index in [0.717, 1.165) is 17.7 Å². The van der Waals surface area contributed by atoms with E-state index in [1.54, 1.807) is 0 Å². The molecule has 0 amide bonds. The van der Waals surface area contributed by atoms with Crippen LogP contribution in [-0.2, 0) is 6.42 Å². The van der Waals surface area contributed by atoms with Crippen molar-refractivity contribution in [2.24, 2.45) is 0 Å². The van der Waals surface area contributed by atoms with E-state index in [4.69, 9.17) is 5.73 Å². The Balaban J connectivity index is 1.99. The molecule has 0 atom stereocenters. The van der Waals surface area contributed by atoms with Gasteiger partial charge in [-0.2, -0.15) is 0 Å². The summed E-state index contributed by atoms with van der Waals surface area (Å²) < 4.78 is 0. The zero-order chi connectivity index (χ0) is 16.1. The Hall–Kier alpha value is -2.54. The van der Waals surface area contributed by atoms with Crippen LogP contribution in [0, 0.1) is 0 Å². The summed E-state index contributed by atoms with van der Waals surface area (Å²) in [5.74, 6) is 0. The highest BCUT2D eigenvalue weighted by Crippen LogP contribution is 2.34. The number of rotatable bonds is 5. The van der Waals surface area contributed by atoms with Crippen molar-refractivity contribution >= 4 is 5.69 Å². The molecule has 3 aromatic carbocycles. The summed E-state index contributed by atoms with van der Waals surface area (Å²) in [6, 6.07) is 25.5. The summed E-state index contributed by atoms with van der Waals surface area (Å²) in [5.41, 5.74) is 13.2. The first-order valence-electron chi connectivity index (χ1n) is 8.33. The third-order valence-corrected chi connectivity index (χ3v) is 4.26. The number of aryl methyl sites for hydroxylation is 1. The van der Waals surface area contributed by atoms with Crippen molar-refractivity contribution in [3.63, 3.8) is 0 Å². The summed E-state index contributed by atoms with van der Waals surface area (Å²) in [7, 11) is 0. The maximum Gasteiger partial charge on any atom is 0.0393 e. The number of anilines is 1. The van der Waals surface area contributed by atoms with Crippen LogP contribution in [0.1, 0.15) is 25.3 Å². The molecule has 0 spiro atoms. The molecule has 0 heterocycles. The number of hydrogen-bond acceptors (Lipinski definition) is 1. The summed E-state index contributed by atoms with van der Waals surface area (Å²) in [4.78, 5) is 0. The van der Waals surface area contributed by atoms with Gasteiger partial charge in [0.2, 0.25) is 0 Å². The molecule has 0 aliphatic carbocycles. The first-order valence-corrected chi connectivity index (χ1v) is 8.33. The van der Waals surface area contributed by atoms with Crippen molar-refractivity contribution in [1.82, 2.24) is 0 Å². The Bertz CT molecular complexity index is 772. The van der Waals surface area contributed by atoms with E-state index in [1.165, 1.54) is 35.1 Å². The van der Waals surface area contributed by atoms with E-state index < -0.39 is 0 Å². The second-order valence-corrected chi connectivity index (χ2v) is 5.93. The average molecular weight is 301 g/mol. The van der Waals surface area contributed by atoms with Crippen LogP contribution in [0.3, 0.4) is 0 Å². The molecular weight excluding hydrogens is 278 g/mol. The highest BCUT2D eigenvalue weighted by molar-refractivity contribution is 5.88. The first kappa shape index (κ1) is 15.4. The van der Waals surface area contributed by atoms with Gasteiger partial charge < -0.3 is 5.73 Å². The Morgan fingerprint density at radius 2 is 1.30 bits per heavy atom. The molecule has 0 fully saturated rings. The molecule has 1 nitrogen and oxygen atoms in total. The van der Waals surface area contributed by atoms with Crippen LogP contribution in [0.2, 0.25) is 0 Å².